The number of nitrogens with two attached hydrogens (primary N) is 1. The maximum absolute atomic E-state index is 7.58. The minimum atomic E-state index is 0.00328. The Hall–Kier alpha value is -1.59. The highest BCUT2D eigenvalue weighted by Crippen LogP contribution is 2.30. The fourth-order valence-corrected chi connectivity index (χ4v) is 2.93. The maximum Gasteiger partial charge on any atom is 0.192 e. The maximum atomic E-state index is 7.58. The molecule has 19 heavy (non-hydrogen) atoms. The lowest BCUT2D eigenvalue weighted by Gasteiger charge is -2.08. The molecule has 0 saturated heterocycles. The lowest BCUT2D eigenvalue weighted by molar-refractivity contribution is 0.902. The van der Waals surface area contributed by atoms with Gasteiger partial charge in [0.2, 0.25) is 0 Å². The van der Waals surface area contributed by atoms with Crippen LogP contribution in [0.25, 0.3) is 0 Å². The summed E-state index contributed by atoms with van der Waals surface area (Å²) < 4.78 is 0. The van der Waals surface area contributed by atoms with Gasteiger partial charge in [-0.1, -0.05) is 11.6 Å². The van der Waals surface area contributed by atoms with Gasteiger partial charge in [-0.2, -0.15) is 0 Å². The summed E-state index contributed by atoms with van der Waals surface area (Å²) in [5.74, 6) is 0.00328. The van der Waals surface area contributed by atoms with Crippen LogP contribution in [0.1, 0.15) is 17.0 Å². The van der Waals surface area contributed by atoms with Crippen LogP contribution < -0.4 is 5.73 Å². The molecule has 0 aliphatic heterocycles. The molecule has 0 radical (unpaired) electrons. The van der Waals surface area contributed by atoms with E-state index in [-0.39, 0.29) is 5.84 Å². The molecule has 0 bridgehead atoms. The van der Waals surface area contributed by atoms with Gasteiger partial charge in [0.25, 0.3) is 0 Å². The van der Waals surface area contributed by atoms with Crippen molar-refractivity contribution >= 4 is 29.2 Å². The van der Waals surface area contributed by atoms with Crippen LogP contribution in [0.5, 0.6) is 0 Å². The number of nitrogens with zero attached hydrogens (tertiary/aromatic N) is 2. The summed E-state index contributed by atoms with van der Waals surface area (Å²) >= 11 is 7.34. The van der Waals surface area contributed by atoms with Crippen molar-refractivity contribution in [1.82, 2.24) is 9.97 Å². The zero-order valence-corrected chi connectivity index (χ0v) is 12.1. The molecule has 4 nitrogen and oxygen atoms in total. The summed E-state index contributed by atoms with van der Waals surface area (Å²) in [6.07, 6.45) is 0. The Morgan fingerprint density at radius 2 is 1.84 bits per heavy atom. The molecule has 0 saturated carbocycles. The van der Waals surface area contributed by atoms with Crippen LogP contribution in [0.3, 0.4) is 0 Å². The predicted octanol–water partition coefficient (Wildman–Crippen LogP) is 3.18. The van der Waals surface area contributed by atoms with Crippen molar-refractivity contribution in [3.8, 4) is 0 Å². The highest BCUT2D eigenvalue weighted by atomic mass is 35.5. The molecule has 0 atom stereocenters. The number of nitrogen functional groups attached to an aromatic ring is 1. The summed E-state index contributed by atoms with van der Waals surface area (Å²) in [6.45, 7) is 3.84. The fourth-order valence-electron chi connectivity index (χ4n) is 1.64. The number of amidine groups is 1. The molecule has 1 heterocycles. The van der Waals surface area contributed by atoms with Crippen LogP contribution in [0.15, 0.2) is 34.3 Å². The normalized spacial score (nSPS) is 10.5. The molecule has 3 N–H and O–H groups in total. The van der Waals surface area contributed by atoms with Crippen molar-refractivity contribution in [3.63, 3.8) is 0 Å². The first kappa shape index (κ1) is 13.8. The molecule has 6 heteroatoms. The lowest BCUT2D eigenvalue weighted by Crippen LogP contribution is -2.12. The van der Waals surface area contributed by atoms with Crippen molar-refractivity contribution in [1.29, 1.82) is 5.41 Å². The van der Waals surface area contributed by atoms with E-state index in [1.165, 1.54) is 11.8 Å². The third kappa shape index (κ3) is 3.45. The highest BCUT2D eigenvalue weighted by molar-refractivity contribution is 7.99. The zero-order valence-electron chi connectivity index (χ0n) is 10.6. The number of hydrogen-bond donors (Lipinski definition) is 2. The summed E-state index contributed by atoms with van der Waals surface area (Å²) in [4.78, 5) is 9.50. The van der Waals surface area contributed by atoms with E-state index in [0.29, 0.717) is 15.7 Å². The first-order valence-electron chi connectivity index (χ1n) is 5.60. The molecule has 0 fully saturated rings. The molecule has 0 aliphatic carbocycles. The summed E-state index contributed by atoms with van der Waals surface area (Å²) in [7, 11) is 0. The molecule has 0 aliphatic rings. The Labute approximate surface area is 120 Å². The largest absolute Gasteiger partial charge is 0.384 e. The second-order valence-electron chi connectivity index (χ2n) is 4.09. The Kier molecular flexibility index (Phi) is 4.07. The standard InChI is InChI=1S/C13H13ClN4S/c1-7-5-8(2)18-13(17-7)19-11-6-9(14)3-4-10(11)12(15)16/h3-6H,1-2H3,(H3,15,16). The smallest absolute Gasteiger partial charge is 0.192 e. The van der Waals surface area contributed by atoms with Gasteiger partial charge < -0.3 is 5.73 Å². The Morgan fingerprint density at radius 3 is 2.42 bits per heavy atom. The molecular weight excluding hydrogens is 280 g/mol. The number of hydrogen-bond acceptors (Lipinski definition) is 4. The van der Waals surface area contributed by atoms with Crippen molar-refractivity contribution in [3.05, 3.63) is 46.2 Å². The van der Waals surface area contributed by atoms with Gasteiger partial charge in [0.1, 0.15) is 5.84 Å². The van der Waals surface area contributed by atoms with Gasteiger partial charge >= 0.3 is 0 Å². The van der Waals surface area contributed by atoms with Crippen LogP contribution >= 0.6 is 23.4 Å². The number of rotatable bonds is 3. The van der Waals surface area contributed by atoms with Gasteiger partial charge in [0, 0.05) is 26.9 Å². The average Bonchev–Trinajstić information content (AvgIpc) is 2.26. The molecule has 98 valence electrons. The Balaban J connectivity index is 2.42. The van der Waals surface area contributed by atoms with Crippen molar-refractivity contribution in [2.24, 2.45) is 5.73 Å². The van der Waals surface area contributed by atoms with Crippen molar-refractivity contribution < 1.29 is 0 Å². The average molecular weight is 293 g/mol. The molecule has 0 amide bonds. The van der Waals surface area contributed by atoms with Gasteiger partial charge in [-0.15, -0.1) is 0 Å². The predicted molar refractivity (Wildman–Crippen MR) is 78.1 cm³/mol. The second kappa shape index (κ2) is 5.59. The van der Waals surface area contributed by atoms with Crippen LogP contribution in [0, 0.1) is 19.3 Å². The summed E-state index contributed by atoms with van der Waals surface area (Å²) in [6, 6.07) is 7.12. The van der Waals surface area contributed by atoms with E-state index in [1.807, 2.05) is 19.9 Å². The fraction of sp³-hybridized carbons (Fsp3) is 0.154. The third-order valence-corrected chi connectivity index (χ3v) is 3.55. The van der Waals surface area contributed by atoms with Gasteiger partial charge in [-0.25, -0.2) is 9.97 Å². The number of aromatic nitrogens is 2. The number of halogens is 1. The van der Waals surface area contributed by atoms with E-state index in [0.717, 1.165) is 16.3 Å². The van der Waals surface area contributed by atoms with E-state index in [9.17, 15) is 0 Å². The lowest BCUT2D eigenvalue weighted by atomic mass is 10.2. The Bertz CT molecular complexity index is 622. The van der Waals surface area contributed by atoms with Gasteiger partial charge in [0.05, 0.1) is 0 Å². The summed E-state index contributed by atoms with van der Waals surface area (Å²) in [5, 5.41) is 8.80. The monoisotopic (exact) mass is 292 g/mol. The first-order chi connectivity index (χ1) is 8.95. The van der Waals surface area contributed by atoms with E-state index in [2.05, 4.69) is 9.97 Å². The first-order valence-corrected chi connectivity index (χ1v) is 6.79. The van der Waals surface area contributed by atoms with Gasteiger partial charge in [-0.3, -0.25) is 5.41 Å². The molecule has 2 rings (SSSR count). The van der Waals surface area contributed by atoms with Gasteiger partial charge in [0.15, 0.2) is 5.16 Å². The van der Waals surface area contributed by atoms with E-state index >= 15 is 0 Å². The molecule has 1 aromatic carbocycles. The SMILES string of the molecule is Cc1cc(C)nc(Sc2cc(Cl)ccc2C(=N)N)n1. The Morgan fingerprint density at radius 1 is 1.21 bits per heavy atom. The van der Waals surface area contributed by atoms with Crippen molar-refractivity contribution in [2.45, 2.75) is 23.9 Å². The zero-order chi connectivity index (χ0) is 14.0. The topological polar surface area (TPSA) is 75.7 Å². The number of aryl methyl sites for hydroxylation is 2. The quantitative estimate of drug-likeness (QED) is 0.517. The van der Waals surface area contributed by atoms with Crippen LogP contribution in [0.4, 0.5) is 0 Å². The van der Waals surface area contributed by atoms with E-state index in [4.69, 9.17) is 22.7 Å². The minimum absolute atomic E-state index is 0.00328. The third-order valence-electron chi connectivity index (χ3n) is 2.40. The van der Waals surface area contributed by atoms with Crippen molar-refractivity contribution in [2.75, 3.05) is 0 Å². The van der Waals surface area contributed by atoms with Crippen LogP contribution in [-0.2, 0) is 0 Å². The summed E-state index contributed by atoms with van der Waals surface area (Å²) in [5.41, 5.74) is 8.01. The molecular formula is C13H13ClN4S. The number of nitrogens with one attached hydrogen (secondary N) is 1. The number of benzene rings is 1. The van der Waals surface area contributed by atoms with Gasteiger partial charge in [-0.05, 0) is 49.9 Å². The minimum Gasteiger partial charge on any atom is -0.384 e. The molecule has 0 unspecified atom stereocenters. The van der Waals surface area contributed by atoms with Crippen LogP contribution in [-0.4, -0.2) is 15.8 Å². The molecule has 0 spiro atoms. The van der Waals surface area contributed by atoms with Crippen LogP contribution in [0.2, 0.25) is 5.02 Å². The highest BCUT2D eigenvalue weighted by Gasteiger charge is 2.10. The molecule has 2 aromatic rings. The van der Waals surface area contributed by atoms with E-state index in [1.54, 1.807) is 18.2 Å². The molecule has 1 aromatic heterocycles. The second-order valence-corrected chi connectivity index (χ2v) is 5.54. The van der Waals surface area contributed by atoms with E-state index < -0.39 is 0 Å².